The largest absolute Gasteiger partial charge is 0.502 e. The van der Waals surface area contributed by atoms with Crippen molar-refractivity contribution < 1.29 is 27.1 Å². The smallest absolute Gasteiger partial charge is 0.310 e. The standard InChI is InChI=1S/C20H14N4.C6H5NO3.Cu/c1-2-14-10-16-5-6-18(23-16)12-20-8-7-19(24-20)11-17-4-3-15(22-17)9-13(1)21-14;8-6-4-2-1-3-5(6)7(9)10;/h1-12,21-22H;1-4,8H;. The first kappa shape index (κ1) is 23.7. The van der Waals surface area contributed by atoms with Crippen molar-refractivity contribution in [3.05, 3.63) is 106 Å². The van der Waals surface area contributed by atoms with Gasteiger partial charge in [-0.05, 0) is 78.9 Å². The molecule has 9 heteroatoms. The number of para-hydroxylation sites is 2. The van der Waals surface area contributed by atoms with Crippen LogP contribution in [0.4, 0.5) is 5.69 Å². The number of nitro groups is 1. The Labute approximate surface area is 210 Å². The summed E-state index contributed by atoms with van der Waals surface area (Å²) in [5, 5.41) is 18.9. The van der Waals surface area contributed by atoms with Gasteiger partial charge in [0.05, 0.1) is 27.7 Å². The quantitative estimate of drug-likeness (QED) is 0.143. The number of hydrogen-bond acceptors (Lipinski definition) is 5. The minimum absolute atomic E-state index is 0. The zero-order valence-electron chi connectivity index (χ0n) is 18.1. The number of rotatable bonds is 1. The third kappa shape index (κ3) is 5.73. The maximum atomic E-state index is 10.1. The monoisotopic (exact) mass is 512 g/mol. The van der Waals surface area contributed by atoms with E-state index in [0.717, 1.165) is 44.8 Å². The molecular formula is C26H19CuN5O3. The van der Waals surface area contributed by atoms with E-state index < -0.39 is 4.92 Å². The summed E-state index contributed by atoms with van der Waals surface area (Å²) in [4.78, 5) is 25.5. The summed E-state index contributed by atoms with van der Waals surface area (Å²) in [6, 6.07) is 22.0. The number of fused-ring (bicyclic) bond motifs is 8. The number of aromatic amines is 2. The molecular weight excluding hydrogens is 494 g/mol. The molecule has 0 amide bonds. The van der Waals surface area contributed by atoms with Crippen molar-refractivity contribution in [1.82, 2.24) is 19.9 Å². The van der Waals surface area contributed by atoms with Crippen LogP contribution in [-0.4, -0.2) is 30.0 Å². The van der Waals surface area contributed by atoms with Crippen LogP contribution in [0.2, 0.25) is 0 Å². The summed E-state index contributed by atoms with van der Waals surface area (Å²) in [6.07, 6.45) is 8.05. The zero-order chi connectivity index (χ0) is 23.5. The zero-order valence-corrected chi connectivity index (χ0v) is 19.1. The van der Waals surface area contributed by atoms with Crippen LogP contribution in [-0.2, 0) is 17.1 Å². The fourth-order valence-electron chi connectivity index (χ4n) is 3.56. The average Bonchev–Trinajstić information content (AvgIpc) is 3.60. The van der Waals surface area contributed by atoms with Gasteiger partial charge in [0, 0.05) is 45.2 Å². The predicted molar refractivity (Wildman–Crippen MR) is 134 cm³/mol. The van der Waals surface area contributed by atoms with E-state index in [0.29, 0.717) is 0 Å². The fraction of sp³-hybridized carbons (Fsp3) is 0. The second-order valence-corrected chi connectivity index (χ2v) is 7.65. The van der Waals surface area contributed by atoms with E-state index in [2.05, 4.69) is 50.3 Å². The molecule has 3 aromatic heterocycles. The van der Waals surface area contributed by atoms with Crippen molar-refractivity contribution in [3.8, 4) is 5.75 Å². The number of nitrogens with zero attached hydrogens (tertiary/aromatic N) is 3. The SMILES string of the molecule is C1=Cc2cc3ccc(cc4ccc(cc5nc(cc1n2)C=C5)[nH]4)[nH]3.O=[N+]([O-])c1ccccc1O.[Cu]. The molecule has 0 fully saturated rings. The van der Waals surface area contributed by atoms with Gasteiger partial charge in [-0.3, -0.25) is 10.1 Å². The summed E-state index contributed by atoms with van der Waals surface area (Å²) in [5.41, 5.74) is 7.60. The fourth-order valence-corrected chi connectivity index (χ4v) is 3.56. The van der Waals surface area contributed by atoms with E-state index in [4.69, 9.17) is 5.11 Å². The predicted octanol–water partition coefficient (Wildman–Crippen LogP) is 5.95. The topological polar surface area (TPSA) is 121 Å². The second kappa shape index (κ2) is 10.2. The Hall–Kier alpha value is -4.46. The minimum Gasteiger partial charge on any atom is -0.502 e. The van der Waals surface area contributed by atoms with Crippen molar-refractivity contribution in [2.75, 3.05) is 0 Å². The third-order valence-electron chi connectivity index (χ3n) is 5.12. The van der Waals surface area contributed by atoms with Crippen LogP contribution < -0.4 is 0 Å². The van der Waals surface area contributed by atoms with Gasteiger partial charge in [-0.1, -0.05) is 12.1 Å². The second-order valence-electron chi connectivity index (χ2n) is 7.65. The molecule has 1 aromatic carbocycles. The summed E-state index contributed by atoms with van der Waals surface area (Å²) in [6.45, 7) is 0. The van der Waals surface area contributed by atoms with E-state index in [1.807, 2.05) is 42.5 Å². The Morgan fingerprint density at radius 1 is 0.657 bits per heavy atom. The van der Waals surface area contributed by atoms with Crippen LogP contribution in [0.1, 0.15) is 22.8 Å². The van der Waals surface area contributed by atoms with Crippen LogP contribution >= 0.6 is 0 Å². The molecule has 8 bridgehead atoms. The molecule has 0 aliphatic carbocycles. The molecule has 8 nitrogen and oxygen atoms in total. The Morgan fingerprint density at radius 3 is 1.51 bits per heavy atom. The number of nitro benzene ring substituents is 1. The van der Waals surface area contributed by atoms with Gasteiger partial charge in [0.1, 0.15) is 0 Å². The van der Waals surface area contributed by atoms with Gasteiger partial charge in [0.25, 0.3) is 0 Å². The molecule has 0 saturated heterocycles. The molecule has 2 aliphatic heterocycles. The van der Waals surface area contributed by atoms with Gasteiger partial charge in [-0.25, -0.2) is 9.97 Å². The first-order valence-corrected chi connectivity index (χ1v) is 10.5. The molecule has 35 heavy (non-hydrogen) atoms. The Bertz CT molecular complexity index is 1530. The molecule has 4 aromatic rings. The number of H-pyrrole nitrogens is 2. The van der Waals surface area contributed by atoms with Crippen molar-refractivity contribution in [2.45, 2.75) is 0 Å². The maximum absolute atomic E-state index is 10.1. The maximum Gasteiger partial charge on any atom is 0.310 e. The van der Waals surface area contributed by atoms with E-state index in [-0.39, 0.29) is 28.5 Å². The van der Waals surface area contributed by atoms with Gasteiger partial charge in [-0.2, -0.15) is 0 Å². The number of benzene rings is 1. The molecule has 2 aliphatic rings. The first-order valence-electron chi connectivity index (χ1n) is 10.5. The van der Waals surface area contributed by atoms with Crippen LogP contribution in [0.5, 0.6) is 5.75 Å². The number of phenols is 1. The Kier molecular flexibility index (Phi) is 6.91. The van der Waals surface area contributed by atoms with Gasteiger partial charge >= 0.3 is 5.69 Å². The van der Waals surface area contributed by atoms with Crippen molar-refractivity contribution >= 4 is 52.1 Å². The van der Waals surface area contributed by atoms with Crippen LogP contribution in [0.25, 0.3) is 46.4 Å². The molecule has 6 rings (SSSR count). The number of hydrogen-bond donors (Lipinski definition) is 3. The molecule has 0 spiro atoms. The summed E-state index contributed by atoms with van der Waals surface area (Å²) in [5.74, 6) is -0.299. The molecule has 177 valence electrons. The Balaban J connectivity index is 0.000000224. The van der Waals surface area contributed by atoms with Gasteiger partial charge < -0.3 is 15.1 Å². The Morgan fingerprint density at radius 2 is 1.09 bits per heavy atom. The number of nitrogens with one attached hydrogen (secondary N) is 2. The van der Waals surface area contributed by atoms with Crippen molar-refractivity contribution in [3.63, 3.8) is 0 Å². The van der Waals surface area contributed by atoms with Crippen molar-refractivity contribution in [1.29, 1.82) is 0 Å². The summed E-state index contributed by atoms with van der Waals surface area (Å²) < 4.78 is 0. The van der Waals surface area contributed by atoms with E-state index in [1.165, 1.54) is 24.3 Å². The van der Waals surface area contributed by atoms with Crippen LogP contribution in [0.15, 0.2) is 72.8 Å². The van der Waals surface area contributed by atoms with E-state index in [1.54, 1.807) is 0 Å². The normalized spacial score (nSPS) is 11.3. The molecule has 0 saturated carbocycles. The number of phenolic OH excluding ortho intramolecular Hbond substituents is 1. The van der Waals surface area contributed by atoms with Crippen LogP contribution in [0.3, 0.4) is 0 Å². The first-order chi connectivity index (χ1) is 16.5. The van der Waals surface area contributed by atoms with Gasteiger partial charge in [0.15, 0.2) is 5.75 Å². The third-order valence-corrected chi connectivity index (χ3v) is 5.12. The number of aromatic nitrogens is 4. The minimum atomic E-state index is -0.630. The molecule has 0 unspecified atom stereocenters. The average molecular weight is 513 g/mol. The van der Waals surface area contributed by atoms with E-state index >= 15 is 0 Å². The summed E-state index contributed by atoms with van der Waals surface area (Å²) in [7, 11) is 0. The molecule has 3 N–H and O–H groups in total. The summed E-state index contributed by atoms with van der Waals surface area (Å²) >= 11 is 0. The van der Waals surface area contributed by atoms with Gasteiger partial charge in [-0.15, -0.1) is 0 Å². The number of aromatic hydroxyl groups is 1. The van der Waals surface area contributed by atoms with Crippen molar-refractivity contribution in [2.24, 2.45) is 0 Å². The van der Waals surface area contributed by atoms with E-state index in [9.17, 15) is 10.1 Å². The molecule has 0 atom stereocenters. The van der Waals surface area contributed by atoms with Crippen LogP contribution in [0, 0.1) is 10.1 Å². The molecule has 1 radical (unpaired) electrons. The van der Waals surface area contributed by atoms with Gasteiger partial charge in [0.2, 0.25) is 0 Å². The molecule has 5 heterocycles.